The molecule has 0 bridgehead atoms. The fourth-order valence-electron chi connectivity index (χ4n) is 2.44. The Bertz CT molecular complexity index is 647. The summed E-state index contributed by atoms with van der Waals surface area (Å²) in [4.78, 5) is 4.74. The van der Waals surface area contributed by atoms with E-state index in [-0.39, 0.29) is 6.04 Å². The van der Waals surface area contributed by atoms with E-state index in [1.807, 2.05) is 18.2 Å². The Balaban J connectivity index is 2.59. The molecular weight excluding hydrogens is 286 g/mol. The van der Waals surface area contributed by atoms with Crippen molar-refractivity contribution >= 4 is 17.4 Å². The van der Waals surface area contributed by atoms with E-state index in [1.165, 1.54) is 0 Å². The molecule has 2 rings (SSSR count). The third kappa shape index (κ3) is 2.86. The minimum atomic E-state index is 0.261. The molecule has 0 amide bonds. The summed E-state index contributed by atoms with van der Waals surface area (Å²) in [7, 11) is 1.60. The van der Waals surface area contributed by atoms with Crippen molar-refractivity contribution in [2.45, 2.75) is 39.7 Å². The van der Waals surface area contributed by atoms with E-state index >= 15 is 0 Å². The number of aromatic nitrogens is 2. The van der Waals surface area contributed by atoms with E-state index in [4.69, 9.17) is 27.1 Å². The molecule has 0 aliphatic carbocycles. The monoisotopic (exact) mass is 307 g/mol. The number of hydrogen-bond acceptors (Lipinski definition) is 3. The minimum absolute atomic E-state index is 0.261. The Morgan fingerprint density at radius 3 is 2.33 bits per heavy atom. The van der Waals surface area contributed by atoms with Crippen LogP contribution >= 0.6 is 11.6 Å². The van der Waals surface area contributed by atoms with E-state index in [9.17, 15) is 0 Å². The molecule has 0 saturated heterocycles. The number of methoxy groups -OCH3 is 1. The zero-order chi connectivity index (χ0) is 15.7. The molecule has 0 atom stereocenters. The molecule has 2 N–H and O–H groups in total. The summed E-state index contributed by atoms with van der Waals surface area (Å²) in [6.45, 7) is 8.44. The SMILES string of the molecule is COc1ccc(-c2nc(C(C)C)n(C(C)C)c2N)cc1Cl. The van der Waals surface area contributed by atoms with E-state index in [2.05, 4.69) is 32.3 Å². The molecule has 0 aliphatic rings. The summed E-state index contributed by atoms with van der Waals surface area (Å²) in [5.41, 5.74) is 8.00. The van der Waals surface area contributed by atoms with Crippen LogP contribution in [0.1, 0.15) is 45.5 Å². The Morgan fingerprint density at radius 1 is 1.24 bits per heavy atom. The molecule has 4 nitrogen and oxygen atoms in total. The Hall–Kier alpha value is -1.68. The number of benzene rings is 1. The Labute approximate surface area is 130 Å². The predicted molar refractivity (Wildman–Crippen MR) is 88.1 cm³/mol. The lowest BCUT2D eigenvalue weighted by Crippen LogP contribution is -2.10. The highest BCUT2D eigenvalue weighted by Gasteiger charge is 2.20. The zero-order valence-corrected chi connectivity index (χ0v) is 13.9. The summed E-state index contributed by atoms with van der Waals surface area (Å²) in [6.07, 6.45) is 0. The molecule has 0 spiro atoms. The van der Waals surface area contributed by atoms with Crippen LogP contribution in [0.5, 0.6) is 5.75 Å². The van der Waals surface area contributed by atoms with Crippen LogP contribution < -0.4 is 10.5 Å². The molecule has 1 aromatic heterocycles. The predicted octanol–water partition coefficient (Wildman–Crippen LogP) is 4.50. The first-order chi connectivity index (χ1) is 9.86. The fraction of sp³-hybridized carbons (Fsp3) is 0.438. The topological polar surface area (TPSA) is 53.1 Å². The number of ether oxygens (including phenoxy) is 1. The van der Waals surface area contributed by atoms with Crippen molar-refractivity contribution in [2.75, 3.05) is 12.8 Å². The van der Waals surface area contributed by atoms with E-state index in [0.29, 0.717) is 22.5 Å². The van der Waals surface area contributed by atoms with E-state index in [0.717, 1.165) is 17.1 Å². The second-order valence-electron chi connectivity index (χ2n) is 5.67. The number of anilines is 1. The maximum atomic E-state index is 6.32. The second-order valence-corrected chi connectivity index (χ2v) is 6.08. The zero-order valence-electron chi connectivity index (χ0n) is 13.1. The molecule has 0 saturated carbocycles. The number of hydrogen-bond donors (Lipinski definition) is 1. The van der Waals surface area contributed by atoms with Gasteiger partial charge in [0.2, 0.25) is 0 Å². The Morgan fingerprint density at radius 2 is 1.90 bits per heavy atom. The first kappa shape index (κ1) is 15.7. The standard InChI is InChI=1S/C16H22ClN3O/c1-9(2)16-19-14(15(18)20(16)10(3)4)11-6-7-13(21-5)12(17)8-11/h6-10H,18H2,1-5H3. The number of nitrogens with two attached hydrogens (primary N) is 1. The minimum Gasteiger partial charge on any atom is -0.495 e. The molecule has 0 aliphatic heterocycles. The van der Waals surface area contributed by atoms with Crippen molar-refractivity contribution in [1.29, 1.82) is 0 Å². The van der Waals surface area contributed by atoms with Crippen LogP contribution in [0, 0.1) is 0 Å². The summed E-state index contributed by atoms with van der Waals surface area (Å²) in [5.74, 6) is 2.61. The van der Waals surface area contributed by atoms with Crippen LogP contribution in [0.25, 0.3) is 11.3 Å². The number of nitrogens with zero attached hydrogens (tertiary/aromatic N) is 2. The largest absolute Gasteiger partial charge is 0.495 e. The molecule has 21 heavy (non-hydrogen) atoms. The molecule has 0 unspecified atom stereocenters. The molecular formula is C16H22ClN3O. The van der Waals surface area contributed by atoms with Crippen LogP contribution in [0.2, 0.25) is 5.02 Å². The molecule has 1 heterocycles. The van der Waals surface area contributed by atoms with Crippen molar-refractivity contribution < 1.29 is 4.74 Å². The van der Waals surface area contributed by atoms with Crippen LogP contribution in [0.3, 0.4) is 0 Å². The van der Waals surface area contributed by atoms with Gasteiger partial charge in [-0.15, -0.1) is 0 Å². The van der Waals surface area contributed by atoms with Gasteiger partial charge in [-0.2, -0.15) is 0 Å². The van der Waals surface area contributed by atoms with Gasteiger partial charge < -0.3 is 15.0 Å². The van der Waals surface area contributed by atoms with Gasteiger partial charge in [0.15, 0.2) is 0 Å². The lowest BCUT2D eigenvalue weighted by Gasteiger charge is -2.15. The molecule has 2 aromatic rings. The highest BCUT2D eigenvalue weighted by Crippen LogP contribution is 2.35. The number of rotatable bonds is 4. The van der Waals surface area contributed by atoms with Crippen LogP contribution in [0.4, 0.5) is 5.82 Å². The quantitative estimate of drug-likeness (QED) is 0.905. The summed E-state index contributed by atoms with van der Waals surface area (Å²) in [5, 5.41) is 0.555. The lowest BCUT2D eigenvalue weighted by molar-refractivity contribution is 0.415. The third-order valence-electron chi connectivity index (χ3n) is 3.43. The maximum absolute atomic E-state index is 6.32. The van der Waals surface area contributed by atoms with Gasteiger partial charge in [0.1, 0.15) is 23.1 Å². The first-order valence-electron chi connectivity index (χ1n) is 7.08. The maximum Gasteiger partial charge on any atom is 0.137 e. The van der Waals surface area contributed by atoms with Crippen molar-refractivity contribution in [2.24, 2.45) is 0 Å². The second kappa shape index (κ2) is 5.98. The van der Waals surface area contributed by atoms with Gasteiger partial charge in [-0.1, -0.05) is 25.4 Å². The van der Waals surface area contributed by atoms with Crippen LogP contribution in [-0.2, 0) is 0 Å². The van der Waals surface area contributed by atoms with Gasteiger partial charge >= 0.3 is 0 Å². The average molecular weight is 308 g/mol. The molecule has 0 radical (unpaired) electrons. The first-order valence-corrected chi connectivity index (χ1v) is 7.46. The average Bonchev–Trinajstić information content (AvgIpc) is 2.76. The van der Waals surface area contributed by atoms with Gasteiger partial charge in [0.25, 0.3) is 0 Å². The molecule has 5 heteroatoms. The van der Waals surface area contributed by atoms with E-state index in [1.54, 1.807) is 7.11 Å². The Kier molecular flexibility index (Phi) is 4.47. The van der Waals surface area contributed by atoms with Gasteiger partial charge in [-0.25, -0.2) is 4.98 Å². The van der Waals surface area contributed by atoms with Crippen molar-refractivity contribution in [3.8, 4) is 17.0 Å². The number of halogens is 1. The van der Waals surface area contributed by atoms with Crippen LogP contribution in [-0.4, -0.2) is 16.7 Å². The smallest absolute Gasteiger partial charge is 0.137 e. The fourth-order valence-corrected chi connectivity index (χ4v) is 2.70. The van der Waals surface area contributed by atoms with Crippen molar-refractivity contribution in [3.63, 3.8) is 0 Å². The number of nitrogen functional groups attached to an aromatic ring is 1. The third-order valence-corrected chi connectivity index (χ3v) is 3.73. The summed E-state index contributed by atoms with van der Waals surface area (Å²) in [6, 6.07) is 5.87. The van der Waals surface area contributed by atoms with Gasteiger partial charge in [0, 0.05) is 17.5 Å². The normalized spacial score (nSPS) is 11.4. The molecule has 1 aromatic carbocycles. The highest BCUT2D eigenvalue weighted by atomic mass is 35.5. The molecule has 0 fully saturated rings. The van der Waals surface area contributed by atoms with Crippen molar-refractivity contribution in [3.05, 3.63) is 29.0 Å². The summed E-state index contributed by atoms with van der Waals surface area (Å²) < 4.78 is 7.26. The summed E-state index contributed by atoms with van der Waals surface area (Å²) >= 11 is 6.20. The molecule has 114 valence electrons. The van der Waals surface area contributed by atoms with E-state index < -0.39 is 0 Å². The number of imidazole rings is 1. The van der Waals surface area contributed by atoms with Crippen LogP contribution in [0.15, 0.2) is 18.2 Å². The highest BCUT2D eigenvalue weighted by molar-refractivity contribution is 6.32. The van der Waals surface area contributed by atoms with Gasteiger partial charge in [-0.3, -0.25) is 0 Å². The van der Waals surface area contributed by atoms with Gasteiger partial charge in [0.05, 0.1) is 12.1 Å². The lowest BCUT2D eigenvalue weighted by atomic mass is 10.1. The van der Waals surface area contributed by atoms with Crippen molar-refractivity contribution in [1.82, 2.24) is 9.55 Å². The van der Waals surface area contributed by atoms with Gasteiger partial charge in [-0.05, 0) is 32.0 Å².